The molecule has 2 aliphatic rings. The smallest absolute Gasteiger partial charge is 0.244 e. The van der Waals surface area contributed by atoms with Gasteiger partial charge >= 0.3 is 0 Å². The van der Waals surface area contributed by atoms with Gasteiger partial charge in [-0.2, -0.15) is 0 Å². The Morgan fingerprint density at radius 2 is 1.73 bits per heavy atom. The predicted octanol–water partition coefficient (Wildman–Crippen LogP) is 4.03. The summed E-state index contributed by atoms with van der Waals surface area (Å²) in [6.45, 7) is 0.585. The molecule has 0 heterocycles. The first-order valence-corrected chi connectivity index (χ1v) is 12.1. The maximum absolute atomic E-state index is 12.3. The Morgan fingerprint density at radius 3 is 2.30 bits per heavy atom. The van der Waals surface area contributed by atoms with Crippen LogP contribution < -0.4 is 10.0 Å². The van der Waals surface area contributed by atoms with Crippen LogP contribution in [0.2, 0.25) is 5.02 Å². The van der Waals surface area contributed by atoms with Gasteiger partial charge in [-0.15, -0.1) is 0 Å². The molecule has 0 atom stereocenters. The van der Waals surface area contributed by atoms with E-state index in [1.807, 2.05) is 24.3 Å². The van der Waals surface area contributed by atoms with Crippen molar-refractivity contribution in [1.29, 1.82) is 0 Å². The lowest BCUT2D eigenvalue weighted by Crippen LogP contribution is -2.45. The maximum atomic E-state index is 12.3. The monoisotopic (exact) mass is 444 g/mol. The number of halogens is 1. The summed E-state index contributed by atoms with van der Waals surface area (Å²) in [7, 11) is -3.46. The molecule has 0 spiro atoms. The summed E-state index contributed by atoms with van der Waals surface area (Å²) < 4.78 is 27.1. The molecule has 2 aromatic rings. The molecule has 2 N–H and O–H groups in total. The number of carbonyl (C=O) groups excluding carboxylic acids is 1. The average molecular weight is 445 g/mol. The molecule has 2 aliphatic carbocycles. The second kappa shape index (κ2) is 8.53. The lowest BCUT2D eigenvalue weighted by Gasteiger charge is -2.42. The van der Waals surface area contributed by atoms with E-state index in [2.05, 4.69) is 10.0 Å². The number of carbonyl (C=O) groups is 1. The third-order valence-corrected chi connectivity index (χ3v) is 7.67. The zero-order chi connectivity index (χ0) is 21.2. The third kappa shape index (κ3) is 4.94. The van der Waals surface area contributed by atoms with Crippen molar-refractivity contribution in [3.63, 3.8) is 0 Å². The van der Waals surface area contributed by atoms with E-state index in [1.165, 1.54) is 11.6 Å². The number of nitrogens with one attached hydrogen (secondary N) is 2. The lowest BCUT2D eigenvalue weighted by atomic mass is 9.64. The van der Waals surface area contributed by atoms with Gasteiger partial charge in [0.15, 0.2) is 0 Å². The molecule has 2 aromatic carbocycles. The van der Waals surface area contributed by atoms with E-state index < -0.39 is 10.0 Å². The van der Waals surface area contributed by atoms with E-state index in [0.717, 1.165) is 37.7 Å². The Kier molecular flexibility index (Phi) is 6.00. The third-order valence-electron chi connectivity index (χ3n) is 5.88. The quantitative estimate of drug-likeness (QED) is 0.603. The van der Waals surface area contributed by atoms with Crippen LogP contribution in [0.1, 0.15) is 43.2 Å². The standard InChI is InChI=1S/C23H25ClN2O3S/c24-19-7-5-18(6-8-19)23(14-1-15-23)16-25-22(27)13-4-17-2-11-21(12-3-17)30(28,29)26-20-9-10-20/h2-8,11-13,20,26H,1,9-10,14-16H2,(H,25,27)/b13-4+. The Hall–Kier alpha value is -2.15. The van der Waals surface area contributed by atoms with Gasteiger partial charge in [0.2, 0.25) is 15.9 Å². The molecule has 2 saturated carbocycles. The van der Waals surface area contributed by atoms with E-state index >= 15 is 0 Å². The van der Waals surface area contributed by atoms with Crippen molar-refractivity contribution in [2.45, 2.75) is 48.5 Å². The van der Waals surface area contributed by atoms with Crippen molar-refractivity contribution < 1.29 is 13.2 Å². The van der Waals surface area contributed by atoms with Crippen LogP contribution in [0.15, 0.2) is 59.5 Å². The highest BCUT2D eigenvalue weighted by Crippen LogP contribution is 2.43. The van der Waals surface area contributed by atoms with Crippen molar-refractivity contribution in [2.24, 2.45) is 0 Å². The second-order valence-electron chi connectivity index (χ2n) is 8.16. The van der Waals surface area contributed by atoms with Crippen LogP contribution >= 0.6 is 11.6 Å². The van der Waals surface area contributed by atoms with Crippen LogP contribution in [0, 0.1) is 0 Å². The fraction of sp³-hybridized carbons (Fsp3) is 0.348. The van der Waals surface area contributed by atoms with Crippen molar-refractivity contribution in [3.8, 4) is 0 Å². The molecule has 0 unspecified atom stereocenters. The zero-order valence-electron chi connectivity index (χ0n) is 16.6. The van der Waals surface area contributed by atoms with E-state index in [-0.39, 0.29) is 22.3 Å². The Balaban J connectivity index is 1.34. The summed E-state index contributed by atoms with van der Waals surface area (Å²) in [5.74, 6) is -0.165. The van der Waals surface area contributed by atoms with Crippen LogP contribution in [0.25, 0.3) is 6.08 Å². The van der Waals surface area contributed by atoms with Gasteiger partial charge < -0.3 is 5.32 Å². The molecular weight excluding hydrogens is 420 g/mol. The first kappa shape index (κ1) is 21.1. The predicted molar refractivity (Wildman–Crippen MR) is 119 cm³/mol. The molecule has 2 fully saturated rings. The highest BCUT2D eigenvalue weighted by atomic mass is 35.5. The lowest BCUT2D eigenvalue weighted by molar-refractivity contribution is -0.116. The van der Waals surface area contributed by atoms with Gasteiger partial charge in [0, 0.05) is 29.1 Å². The van der Waals surface area contributed by atoms with E-state index in [0.29, 0.717) is 11.6 Å². The molecule has 7 heteroatoms. The van der Waals surface area contributed by atoms with Crippen LogP contribution in [0.4, 0.5) is 0 Å². The minimum absolute atomic E-state index is 0.0152. The summed E-state index contributed by atoms with van der Waals surface area (Å²) in [5, 5.41) is 3.72. The van der Waals surface area contributed by atoms with Gasteiger partial charge in [0.1, 0.15) is 0 Å². The van der Waals surface area contributed by atoms with E-state index in [4.69, 9.17) is 11.6 Å². The van der Waals surface area contributed by atoms with Crippen LogP contribution in [-0.4, -0.2) is 26.9 Å². The van der Waals surface area contributed by atoms with Gasteiger partial charge in [-0.1, -0.05) is 42.3 Å². The molecule has 30 heavy (non-hydrogen) atoms. The zero-order valence-corrected chi connectivity index (χ0v) is 18.2. The van der Waals surface area contributed by atoms with Crippen molar-refractivity contribution in [3.05, 3.63) is 70.8 Å². The summed E-state index contributed by atoms with van der Waals surface area (Å²) in [6.07, 6.45) is 8.21. The molecule has 0 aliphatic heterocycles. The molecule has 0 bridgehead atoms. The maximum Gasteiger partial charge on any atom is 0.244 e. The van der Waals surface area contributed by atoms with Gasteiger partial charge in [-0.3, -0.25) is 4.79 Å². The van der Waals surface area contributed by atoms with Crippen LogP contribution in [-0.2, 0) is 20.2 Å². The molecule has 0 aromatic heterocycles. The Morgan fingerprint density at radius 1 is 1.07 bits per heavy atom. The number of hydrogen-bond acceptors (Lipinski definition) is 3. The number of hydrogen-bond donors (Lipinski definition) is 2. The molecule has 4 rings (SSSR count). The number of amides is 1. The van der Waals surface area contributed by atoms with Crippen molar-refractivity contribution in [1.82, 2.24) is 10.0 Å². The summed E-state index contributed by atoms with van der Waals surface area (Å²) >= 11 is 5.99. The summed E-state index contributed by atoms with van der Waals surface area (Å²) in [6, 6.07) is 14.5. The van der Waals surface area contributed by atoms with Crippen molar-refractivity contribution in [2.75, 3.05) is 6.54 Å². The minimum Gasteiger partial charge on any atom is -0.352 e. The molecule has 0 radical (unpaired) electrons. The van der Waals surface area contributed by atoms with Gasteiger partial charge in [-0.25, -0.2) is 13.1 Å². The molecule has 1 amide bonds. The summed E-state index contributed by atoms with van der Waals surface area (Å²) in [4.78, 5) is 12.6. The highest BCUT2D eigenvalue weighted by Gasteiger charge is 2.38. The average Bonchev–Trinajstić information content (AvgIpc) is 3.50. The first-order valence-electron chi connectivity index (χ1n) is 10.2. The van der Waals surface area contributed by atoms with Crippen molar-refractivity contribution >= 4 is 33.6 Å². The fourth-order valence-electron chi connectivity index (χ4n) is 3.71. The molecule has 0 saturated heterocycles. The van der Waals surface area contributed by atoms with Gasteiger partial charge in [0.05, 0.1) is 4.90 Å². The van der Waals surface area contributed by atoms with E-state index in [9.17, 15) is 13.2 Å². The fourth-order valence-corrected chi connectivity index (χ4v) is 5.14. The number of benzene rings is 2. The van der Waals surface area contributed by atoms with Gasteiger partial charge in [-0.05, 0) is 67.2 Å². The number of sulfonamides is 1. The molecule has 5 nitrogen and oxygen atoms in total. The minimum atomic E-state index is -3.46. The topological polar surface area (TPSA) is 75.3 Å². The first-order chi connectivity index (χ1) is 14.4. The Bertz CT molecular complexity index is 1040. The van der Waals surface area contributed by atoms with Crippen LogP contribution in [0.3, 0.4) is 0 Å². The normalized spacial score (nSPS) is 18.2. The molecule has 158 valence electrons. The Labute approximate surface area is 182 Å². The van der Waals surface area contributed by atoms with Crippen LogP contribution in [0.5, 0.6) is 0 Å². The summed E-state index contributed by atoms with van der Waals surface area (Å²) in [5.41, 5.74) is 1.96. The van der Waals surface area contributed by atoms with E-state index in [1.54, 1.807) is 30.3 Å². The largest absolute Gasteiger partial charge is 0.352 e. The highest BCUT2D eigenvalue weighted by molar-refractivity contribution is 7.89. The second-order valence-corrected chi connectivity index (χ2v) is 10.3. The molecular formula is C23H25ClN2O3S. The SMILES string of the molecule is O=C(/C=C/c1ccc(S(=O)(=O)NC2CC2)cc1)NCC1(c2ccc(Cl)cc2)CCC1. The van der Waals surface area contributed by atoms with Gasteiger partial charge in [0.25, 0.3) is 0 Å². The number of rotatable bonds is 8.